The van der Waals surface area contributed by atoms with Crippen molar-refractivity contribution in [3.63, 3.8) is 0 Å². The molecule has 0 bridgehead atoms. The van der Waals surface area contributed by atoms with Gasteiger partial charge in [0.1, 0.15) is 11.6 Å². The Morgan fingerprint density at radius 3 is 2.79 bits per heavy atom. The maximum atomic E-state index is 12.8. The lowest BCUT2D eigenvalue weighted by Crippen LogP contribution is -2.52. The predicted octanol–water partition coefficient (Wildman–Crippen LogP) is 2.98. The quantitative estimate of drug-likeness (QED) is 0.663. The van der Waals surface area contributed by atoms with Crippen LogP contribution in [0.1, 0.15) is 18.7 Å². The first kappa shape index (κ1) is 17.8. The van der Waals surface area contributed by atoms with Crippen LogP contribution < -0.4 is 0 Å². The van der Waals surface area contributed by atoms with Gasteiger partial charge in [0.25, 0.3) is 0 Å². The van der Waals surface area contributed by atoms with Gasteiger partial charge in [-0.15, -0.1) is 11.3 Å². The average molecular weight is 395 g/mol. The molecule has 2 aliphatic rings. The van der Waals surface area contributed by atoms with Crippen LogP contribution in [-0.2, 0) is 16.0 Å². The van der Waals surface area contributed by atoms with Crippen molar-refractivity contribution in [1.82, 2.24) is 19.9 Å². The lowest BCUT2D eigenvalue weighted by atomic mass is 9.90. The van der Waals surface area contributed by atoms with Gasteiger partial charge in [0, 0.05) is 23.7 Å². The van der Waals surface area contributed by atoms with Crippen LogP contribution in [0, 0.1) is 5.92 Å². The number of nitrogens with zero attached hydrogens (tertiary/aromatic N) is 4. The Kier molecular flexibility index (Phi) is 4.88. The van der Waals surface area contributed by atoms with E-state index in [2.05, 4.69) is 32.0 Å². The fraction of sp³-hybridized carbons (Fsp3) is 0.429. The van der Waals surface area contributed by atoms with Crippen molar-refractivity contribution in [3.8, 4) is 10.4 Å². The number of likely N-dealkylation sites (tertiary alicyclic amines) is 1. The van der Waals surface area contributed by atoms with Crippen LogP contribution in [0.25, 0.3) is 21.3 Å². The van der Waals surface area contributed by atoms with Crippen molar-refractivity contribution in [2.24, 2.45) is 5.92 Å². The molecule has 0 spiro atoms. The number of ether oxygens (including phenoxy) is 1. The minimum Gasteiger partial charge on any atom is -0.378 e. The maximum Gasteiger partial charge on any atom is 0.143 e. The molecule has 4 heterocycles. The molecular formula is C21H22N4O2S. The number of piperidine rings is 1. The van der Waals surface area contributed by atoms with Gasteiger partial charge < -0.3 is 4.74 Å². The second kappa shape index (κ2) is 7.66. The summed E-state index contributed by atoms with van der Waals surface area (Å²) in [6, 6.07) is 6.70. The molecule has 0 aliphatic carbocycles. The Morgan fingerprint density at radius 2 is 2.07 bits per heavy atom. The summed E-state index contributed by atoms with van der Waals surface area (Å²) in [6.07, 6.45) is 5.86. The highest BCUT2D eigenvalue weighted by molar-refractivity contribution is 7.13. The van der Waals surface area contributed by atoms with Crippen molar-refractivity contribution in [3.05, 3.63) is 41.9 Å². The monoisotopic (exact) mass is 394 g/mol. The Balaban J connectivity index is 1.27. The minimum absolute atomic E-state index is 0.125. The normalized spacial score (nSPS) is 19.0. The van der Waals surface area contributed by atoms with E-state index >= 15 is 0 Å². The first-order chi connectivity index (χ1) is 13.8. The molecule has 2 fully saturated rings. The molecule has 0 amide bonds. The number of benzene rings is 1. The van der Waals surface area contributed by atoms with Gasteiger partial charge >= 0.3 is 0 Å². The Hall–Kier alpha value is -2.22. The Morgan fingerprint density at radius 1 is 1.21 bits per heavy atom. The van der Waals surface area contributed by atoms with Crippen LogP contribution in [0.3, 0.4) is 0 Å². The number of ketones is 1. The highest BCUT2D eigenvalue weighted by Crippen LogP contribution is 2.27. The van der Waals surface area contributed by atoms with Crippen LogP contribution in [0.15, 0.2) is 36.1 Å². The fourth-order valence-electron chi connectivity index (χ4n) is 3.98. The smallest absolute Gasteiger partial charge is 0.143 e. The van der Waals surface area contributed by atoms with E-state index in [1.54, 1.807) is 11.3 Å². The van der Waals surface area contributed by atoms with E-state index < -0.39 is 0 Å². The average Bonchev–Trinajstić information content (AvgIpc) is 3.21. The third kappa shape index (κ3) is 3.57. The third-order valence-corrected chi connectivity index (χ3v) is 6.63. The van der Waals surface area contributed by atoms with Crippen LogP contribution in [0.5, 0.6) is 0 Å². The number of Topliss-reactive ketones (excluding diaryl/α,β-unsaturated/α-hetero) is 1. The number of hydrogen-bond donors (Lipinski definition) is 0. The summed E-state index contributed by atoms with van der Waals surface area (Å²) in [5, 5.41) is 0.987. The first-order valence-corrected chi connectivity index (χ1v) is 10.6. The summed E-state index contributed by atoms with van der Waals surface area (Å²) in [6.45, 7) is 3.66. The number of thiazole rings is 1. The van der Waals surface area contributed by atoms with Gasteiger partial charge in [0.15, 0.2) is 0 Å². The highest BCUT2D eigenvalue weighted by atomic mass is 32.1. The molecule has 7 heteroatoms. The highest BCUT2D eigenvalue weighted by Gasteiger charge is 2.32. The molecule has 2 aliphatic heterocycles. The van der Waals surface area contributed by atoms with Crippen LogP contribution in [0.2, 0.25) is 0 Å². The third-order valence-electron chi connectivity index (χ3n) is 5.80. The van der Waals surface area contributed by atoms with E-state index in [1.807, 2.05) is 24.0 Å². The van der Waals surface area contributed by atoms with E-state index in [1.165, 1.54) is 0 Å². The minimum atomic E-state index is 0.125. The van der Waals surface area contributed by atoms with Crippen molar-refractivity contribution in [2.75, 3.05) is 26.3 Å². The molecule has 28 heavy (non-hydrogen) atoms. The number of aromatic nitrogens is 3. The molecule has 1 aromatic carbocycles. The SMILES string of the molecule is O=C(Cc1ncc2ccc(-c3cncs3)cc2n1)C1CCN(C2COC2)CC1. The van der Waals surface area contributed by atoms with E-state index in [0.717, 1.165) is 60.5 Å². The lowest BCUT2D eigenvalue weighted by Gasteiger charge is -2.41. The van der Waals surface area contributed by atoms with Gasteiger partial charge in [-0.25, -0.2) is 9.97 Å². The predicted molar refractivity (Wildman–Crippen MR) is 108 cm³/mol. The van der Waals surface area contributed by atoms with Crippen molar-refractivity contribution >= 4 is 28.0 Å². The van der Waals surface area contributed by atoms with Crippen molar-refractivity contribution in [2.45, 2.75) is 25.3 Å². The number of hydrogen-bond acceptors (Lipinski definition) is 7. The maximum absolute atomic E-state index is 12.8. The molecule has 144 valence electrons. The summed E-state index contributed by atoms with van der Waals surface area (Å²) in [7, 11) is 0. The zero-order valence-electron chi connectivity index (χ0n) is 15.6. The molecule has 0 radical (unpaired) electrons. The summed E-state index contributed by atoms with van der Waals surface area (Å²) < 4.78 is 5.28. The molecule has 2 saturated heterocycles. The van der Waals surface area contributed by atoms with Gasteiger partial charge in [0.05, 0.1) is 41.6 Å². The molecule has 2 aromatic heterocycles. The molecule has 0 saturated carbocycles. The molecular weight excluding hydrogens is 372 g/mol. The van der Waals surface area contributed by atoms with Gasteiger partial charge in [-0.2, -0.15) is 0 Å². The second-order valence-electron chi connectivity index (χ2n) is 7.57. The first-order valence-electron chi connectivity index (χ1n) is 9.75. The van der Waals surface area contributed by atoms with Crippen LogP contribution in [-0.4, -0.2) is 58.0 Å². The Labute approximate surface area is 167 Å². The van der Waals surface area contributed by atoms with Gasteiger partial charge in [0.2, 0.25) is 0 Å². The van der Waals surface area contributed by atoms with Gasteiger partial charge in [-0.1, -0.05) is 12.1 Å². The number of rotatable bonds is 5. The van der Waals surface area contributed by atoms with E-state index in [9.17, 15) is 4.79 Å². The second-order valence-corrected chi connectivity index (χ2v) is 8.46. The number of carbonyl (C=O) groups excluding carboxylic acids is 1. The van der Waals surface area contributed by atoms with Gasteiger partial charge in [-0.3, -0.25) is 14.7 Å². The fourth-order valence-corrected chi connectivity index (χ4v) is 4.60. The van der Waals surface area contributed by atoms with E-state index in [-0.39, 0.29) is 11.7 Å². The standard InChI is InChI=1S/C21H22N4O2S/c26-19(14-3-5-25(6-4-14)17-11-27-12-17)8-21-23-9-16-2-1-15(7-18(16)24-21)20-10-22-13-28-20/h1-2,7,9-10,13-14,17H,3-6,8,11-12H2. The largest absolute Gasteiger partial charge is 0.378 e. The van der Waals surface area contributed by atoms with E-state index in [0.29, 0.717) is 18.3 Å². The van der Waals surface area contributed by atoms with Crippen molar-refractivity contribution < 1.29 is 9.53 Å². The van der Waals surface area contributed by atoms with Crippen LogP contribution >= 0.6 is 11.3 Å². The number of carbonyl (C=O) groups is 1. The molecule has 6 nitrogen and oxygen atoms in total. The summed E-state index contributed by atoms with van der Waals surface area (Å²) in [4.78, 5) is 29.6. The summed E-state index contributed by atoms with van der Waals surface area (Å²) in [5.74, 6) is 1.01. The summed E-state index contributed by atoms with van der Waals surface area (Å²) >= 11 is 1.61. The zero-order valence-corrected chi connectivity index (χ0v) is 16.4. The molecule has 5 rings (SSSR count). The zero-order chi connectivity index (χ0) is 18.9. The molecule has 0 unspecified atom stereocenters. The molecule has 0 N–H and O–H groups in total. The van der Waals surface area contributed by atoms with Crippen LogP contribution in [0.4, 0.5) is 0 Å². The molecule has 3 aromatic rings. The van der Waals surface area contributed by atoms with Gasteiger partial charge in [-0.05, 0) is 37.6 Å². The topological polar surface area (TPSA) is 68.2 Å². The Bertz CT molecular complexity index is 979. The summed E-state index contributed by atoms with van der Waals surface area (Å²) in [5.41, 5.74) is 3.80. The lowest BCUT2D eigenvalue weighted by molar-refractivity contribution is -0.125. The molecule has 0 atom stereocenters. The number of fused-ring (bicyclic) bond motifs is 1. The van der Waals surface area contributed by atoms with E-state index in [4.69, 9.17) is 4.74 Å². The van der Waals surface area contributed by atoms with Crippen molar-refractivity contribution in [1.29, 1.82) is 0 Å².